The first kappa shape index (κ1) is 10.1. The summed E-state index contributed by atoms with van der Waals surface area (Å²) in [5, 5.41) is 1.84. The SMILES string of the molecule is C=CSc1ccc(-c2ccccc2)cc1. The van der Waals surface area contributed by atoms with Gasteiger partial charge in [0, 0.05) is 4.90 Å². The Kier molecular flexibility index (Phi) is 3.25. The molecule has 0 aliphatic heterocycles. The molecule has 0 heterocycles. The standard InChI is InChI=1S/C14H12S/c1-2-15-14-10-8-13(9-11-14)12-6-4-3-5-7-12/h2-11H,1H2. The van der Waals surface area contributed by atoms with Crippen LogP contribution in [0.15, 0.2) is 71.5 Å². The lowest BCUT2D eigenvalue weighted by Crippen LogP contribution is -1.76. The van der Waals surface area contributed by atoms with Gasteiger partial charge in [0.2, 0.25) is 0 Å². The molecule has 2 aromatic rings. The van der Waals surface area contributed by atoms with Crippen molar-refractivity contribution in [2.24, 2.45) is 0 Å². The van der Waals surface area contributed by atoms with Crippen molar-refractivity contribution in [2.75, 3.05) is 0 Å². The second kappa shape index (κ2) is 4.85. The zero-order valence-corrected chi connectivity index (χ0v) is 9.21. The van der Waals surface area contributed by atoms with Crippen molar-refractivity contribution in [3.63, 3.8) is 0 Å². The quantitative estimate of drug-likeness (QED) is 0.670. The Morgan fingerprint density at radius 1 is 0.800 bits per heavy atom. The van der Waals surface area contributed by atoms with Gasteiger partial charge in [-0.05, 0) is 28.7 Å². The Morgan fingerprint density at radius 3 is 2.00 bits per heavy atom. The van der Waals surface area contributed by atoms with Gasteiger partial charge in [-0.2, -0.15) is 0 Å². The van der Waals surface area contributed by atoms with E-state index >= 15 is 0 Å². The lowest BCUT2D eigenvalue weighted by Gasteiger charge is -2.02. The average molecular weight is 212 g/mol. The largest absolute Gasteiger partial charge is 0.0987 e. The second-order valence-electron chi connectivity index (χ2n) is 3.17. The Balaban J connectivity index is 2.28. The molecule has 0 atom stereocenters. The normalized spacial score (nSPS) is 9.87. The van der Waals surface area contributed by atoms with E-state index in [-0.39, 0.29) is 0 Å². The summed E-state index contributed by atoms with van der Waals surface area (Å²) in [6, 6.07) is 18.9. The van der Waals surface area contributed by atoms with Crippen LogP contribution in [-0.4, -0.2) is 0 Å². The highest BCUT2D eigenvalue weighted by Gasteiger charge is 1.96. The number of benzene rings is 2. The molecule has 0 fully saturated rings. The van der Waals surface area contributed by atoms with Gasteiger partial charge in [0.1, 0.15) is 0 Å². The molecule has 0 amide bonds. The maximum absolute atomic E-state index is 3.70. The van der Waals surface area contributed by atoms with Crippen LogP contribution in [0.5, 0.6) is 0 Å². The van der Waals surface area contributed by atoms with E-state index in [0.717, 1.165) is 0 Å². The molecular weight excluding hydrogens is 200 g/mol. The van der Waals surface area contributed by atoms with E-state index in [9.17, 15) is 0 Å². The molecule has 0 saturated carbocycles. The molecule has 0 aliphatic carbocycles. The highest BCUT2D eigenvalue weighted by molar-refractivity contribution is 8.02. The summed E-state index contributed by atoms with van der Waals surface area (Å²) in [5.74, 6) is 0. The molecule has 0 bridgehead atoms. The van der Waals surface area contributed by atoms with Crippen molar-refractivity contribution < 1.29 is 0 Å². The Bertz CT molecular complexity index is 429. The molecule has 0 aliphatic rings. The summed E-state index contributed by atoms with van der Waals surface area (Å²) >= 11 is 1.64. The predicted octanol–water partition coefficient (Wildman–Crippen LogP) is 4.59. The molecule has 0 aromatic heterocycles. The maximum Gasteiger partial charge on any atom is 0.0116 e. The van der Waals surface area contributed by atoms with Gasteiger partial charge in [0.15, 0.2) is 0 Å². The number of rotatable bonds is 3. The van der Waals surface area contributed by atoms with E-state index < -0.39 is 0 Å². The fourth-order valence-electron chi connectivity index (χ4n) is 1.45. The minimum atomic E-state index is 1.23. The highest BCUT2D eigenvalue weighted by Crippen LogP contribution is 2.24. The van der Waals surface area contributed by atoms with Crippen LogP contribution < -0.4 is 0 Å². The van der Waals surface area contributed by atoms with Crippen molar-refractivity contribution in [3.05, 3.63) is 66.6 Å². The monoisotopic (exact) mass is 212 g/mol. The molecule has 74 valence electrons. The zero-order valence-electron chi connectivity index (χ0n) is 8.39. The maximum atomic E-state index is 3.70. The summed E-state index contributed by atoms with van der Waals surface area (Å²) in [5.41, 5.74) is 2.51. The fraction of sp³-hybridized carbons (Fsp3) is 0. The highest BCUT2D eigenvalue weighted by atomic mass is 32.2. The molecular formula is C14H12S. The van der Waals surface area contributed by atoms with Crippen LogP contribution in [0.4, 0.5) is 0 Å². The van der Waals surface area contributed by atoms with Gasteiger partial charge in [0.25, 0.3) is 0 Å². The van der Waals surface area contributed by atoms with Crippen LogP contribution in [0.1, 0.15) is 0 Å². The van der Waals surface area contributed by atoms with Crippen molar-refractivity contribution in [1.29, 1.82) is 0 Å². The first-order chi connectivity index (χ1) is 7.40. The summed E-state index contributed by atoms with van der Waals surface area (Å²) in [6.45, 7) is 3.70. The van der Waals surface area contributed by atoms with Crippen LogP contribution in [0, 0.1) is 0 Å². The van der Waals surface area contributed by atoms with E-state index in [1.165, 1.54) is 16.0 Å². The molecule has 2 aromatic carbocycles. The van der Waals surface area contributed by atoms with Crippen molar-refractivity contribution >= 4 is 11.8 Å². The minimum absolute atomic E-state index is 1.23. The third-order valence-corrected chi connectivity index (χ3v) is 2.89. The van der Waals surface area contributed by atoms with Gasteiger partial charge in [-0.3, -0.25) is 0 Å². The number of thioether (sulfide) groups is 1. The zero-order chi connectivity index (χ0) is 10.5. The molecule has 0 spiro atoms. The van der Waals surface area contributed by atoms with E-state index in [1.807, 2.05) is 11.5 Å². The van der Waals surface area contributed by atoms with Crippen molar-refractivity contribution in [1.82, 2.24) is 0 Å². The third kappa shape index (κ3) is 2.51. The number of hydrogen-bond donors (Lipinski definition) is 0. The van der Waals surface area contributed by atoms with E-state index in [2.05, 4.69) is 55.1 Å². The van der Waals surface area contributed by atoms with Crippen LogP contribution >= 0.6 is 11.8 Å². The second-order valence-corrected chi connectivity index (χ2v) is 4.22. The van der Waals surface area contributed by atoms with Crippen LogP contribution in [0.2, 0.25) is 0 Å². The fourth-order valence-corrected chi connectivity index (χ4v) is 1.94. The molecule has 0 saturated heterocycles. The van der Waals surface area contributed by atoms with Crippen molar-refractivity contribution in [2.45, 2.75) is 4.90 Å². The lowest BCUT2D eigenvalue weighted by atomic mass is 10.1. The molecule has 2 rings (SSSR count). The van der Waals surface area contributed by atoms with Gasteiger partial charge < -0.3 is 0 Å². The summed E-state index contributed by atoms with van der Waals surface area (Å²) < 4.78 is 0. The van der Waals surface area contributed by atoms with Gasteiger partial charge >= 0.3 is 0 Å². The Hall–Kier alpha value is -1.47. The Labute approximate surface area is 94.7 Å². The summed E-state index contributed by atoms with van der Waals surface area (Å²) in [7, 11) is 0. The molecule has 0 radical (unpaired) electrons. The van der Waals surface area contributed by atoms with Crippen molar-refractivity contribution in [3.8, 4) is 11.1 Å². The van der Waals surface area contributed by atoms with Gasteiger partial charge in [0.05, 0.1) is 0 Å². The Morgan fingerprint density at radius 2 is 1.40 bits per heavy atom. The molecule has 0 N–H and O–H groups in total. The summed E-state index contributed by atoms with van der Waals surface area (Å²) in [6.07, 6.45) is 0. The lowest BCUT2D eigenvalue weighted by molar-refractivity contribution is 1.46. The topological polar surface area (TPSA) is 0 Å². The molecule has 0 unspecified atom stereocenters. The average Bonchev–Trinajstić information content (AvgIpc) is 2.32. The molecule has 0 nitrogen and oxygen atoms in total. The molecule has 1 heteroatoms. The number of hydrogen-bond acceptors (Lipinski definition) is 1. The first-order valence-corrected chi connectivity index (χ1v) is 5.71. The third-order valence-electron chi connectivity index (χ3n) is 2.18. The van der Waals surface area contributed by atoms with E-state index in [0.29, 0.717) is 0 Å². The van der Waals surface area contributed by atoms with Gasteiger partial charge in [-0.15, -0.1) is 0 Å². The van der Waals surface area contributed by atoms with Gasteiger partial charge in [-0.1, -0.05) is 60.8 Å². The van der Waals surface area contributed by atoms with E-state index in [1.54, 1.807) is 11.8 Å². The van der Waals surface area contributed by atoms with Gasteiger partial charge in [-0.25, -0.2) is 0 Å². The van der Waals surface area contributed by atoms with Crippen LogP contribution in [0.3, 0.4) is 0 Å². The first-order valence-electron chi connectivity index (χ1n) is 4.83. The molecule has 15 heavy (non-hydrogen) atoms. The predicted molar refractivity (Wildman–Crippen MR) is 67.9 cm³/mol. The van der Waals surface area contributed by atoms with Crippen LogP contribution in [-0.2, 0) is 0 Å². The smallest absolute Gasteiger partial charge is 0.0116 e. The minimum Gasteiger partial charge on any atom is -0.0987 e. The summed E-state index contributed by atoms with van der Waals surface area (Å²) in [4.78, 5) is 1.23. The van der Waals surface area contributed by atoms with E-state index in [4.69, 9.17) is 0 Å². The van der Waals surface area contributed by atoms with Crippen LogP contribution in [0.25, 0.3) is 11.1 Å².